The molecule has 2 heterocycles. The lowest BCUT2D eigenvalue weighted by molar-refractivity contribution is 0.0699. The summed E-state index contributed by atoms with van der Waals surface area (Å²) in [4.78, 5) is 19.8. The minimum atomic E-state index is -1.14. The van der Waals surface area contributed by atoms with Crippen molar-refractivity contribution in [3.05, 3.63) is 59.0 Å². The molecule has 0 saturated carbocycles. The van der Waals surface area contributed by atoms with E-state index in [1.807, 2.05) is 0 Å². The maximum Gasteiger partial charge on any atom is 0.336 e. The molecule has 2 aromatic heterocycles. The second-order valence-electron chi connectivity index (χ2n) is 4.36. The first-order valence-electron chi connectivity index (χ1n) is 6.01. The number of carboxylic acids is 1. The van der Waals surface area contributed by atoms with Gasteiger partial charge < -0.3 is 5.11 Å². The van der Waals surface area contributed by atoms with E-state index < -0.39 is 11.8 Å². The summed E-state index contributed by atoms with van der Waals surface area (Å²) < 4.78 is 13.6. The van der Waals surface area contributed by atoms with Crippen molar-refractivity contribution in [1.29, 1.82) is 0 Å². The fourth-order valence-electron chi connectivity index (χ4n) is 2.04. The topological polar surface area (TPSA) is 63.1 Å². The van der Waals surface area contributed by atoms with E-state index in [1.165, 1.54) is 12.1 Å². The normalized spacial score (nSPS) is 10.8. The van der Waals surface area contributed by atoms with Crippen LogP contribution >= 0.6 is 11.6 Å². The van der Waals surface area contributed by atoms with Crippen molar-refractivity contribution in [2.75, 3.05) is 0 Å². The van der Waals surface area contributed by atoms with Crippen LogP contribution in [0, 0.1) is 5.82 Å². The molecule has 0 aliphatic heterocycles. The van der Waals surface area contributed by atoms with E-state index in [2.05, 4.69) is 9.97 Å². The van der Waals surface area contributed by atoms with Crippen LogP contribution in [0.2, 0.25) is 5.02 Å². The molecule has 6 heteroatoms. The lowest BCUT2D eigenvalue weighted by Gasteiger charge is -2.07. The van der Waals surface area contributed by atoms with Crippen LogP contribution in [0.1, 0.15) is 10.4 Å². The van der Waals surface area contributed by atoms with Gasteiger partial charge in [0, 0.05) is 17.6 Å². The van der Waals surface area contributed by atoms with E-state index >= 15 is 0 Å². The van der Waals surface area contributed by atoms with Crippen molar-refractivity contribution >= 4 is 28.5 Å². The van der Waals surface area contributed by atoms with Gasteiger partial charge in [-0.25, -0.2) is 14.2 Å². The van der Waals surface area contributed by atoms with Crippen LogP contribution in [0.5, 0.6) is 0 Å². The molecule has 0 aliphatic rings. The molecule has 0 atom stereocenters. The van der Waals surface area contributed by atoms with Gasteiger partial charge in [-0.05, 0) is 24.3 Å². The molecule has 0 spiro atoms. The predicted octanol–water partition coefficient (Wildman–Crippen LogP) is 3.79. The molecule has 0 bridgehead atoms. The number of fused-ring (bicyclic) bond motifs is 1. The molecule has 0 radical (unpaired) electrons. The molecule has 0 unspecified atom stereocenters. The Morgan fingerprint density at radius 2 is 2.00 bits per heavy atom. The number of carbonyl (C=O) groups is 1. The monoisotopic (exact) mass is 302 g/mol. The Morgan fingerprint density at radius 1 is 1.19 bits per heavy atom. The summed E-state index contributed by atoms with van der Waals surface area (Å²) in [6.07, 6.45) is 1.57. The highest BCUT2D eigenvalue weighted by Crippen LogP contribution is 2.28. The smallest absolute Gasteiger partial charge is 0.336 e. The number of nitrogens with zero attached hydrogens (tertiary/aromatic N) is 2. The Balaban J connectivity index is 2.35. The minimum Gasteiger partial charge on any atom is -0.478 e. The van der Waals surface area contributed by atoms with Gasteiger partial charge in [-0.3, -0.25) is 4.98 Å². The molecule has 3 aromatic rings. The number of halogens is 2. The Morgan fingerprint density at radius 3 is 2.67 bits per heavy atom. The van der Waals surface area contributed by atoms with Gasteiger partial charge in [-0.2, -0.15) is 0 Å². The summed E-state index contributed by atoms with van der Waals surface area (Å²) in [5.41, 5.74) is 1.10. The molecular weight excluding hydrogens is 295 g/mol. The highest BCUT2D eigenvalue weighted by atomic mass is 35.5. The van der Waals surface area contributed by atoms with Gasteiger partial charge in [0.05, 0.1) is 27.5 Å². The van der Waals surface area contributed by atoms with Gasteiger partial charge in [0.2, 0.25) is 0 Å². The van der Waals surface area contributed by atoms with E-state index in [9.17, 15) is 14.3 Å². The summed E-state index contributed by atoms with van der Waals surface area (Å²) in [5.74, 6) is -1.78. The number of benzene rings is 1. The van der Waals surface area contributed by atoms with Crippen molar-refractivity contribution in [2.24, 2.45) is 0 Å². The van der Waals surface area contributed by atoms with Crippen molar-refractivity contribution in [3.63, 3.8) is 0 Å². The van der Waals surface area contributed by atoms with Crippen LogP contribution in [0.15, 0.2) is 42.6 Å². The number of hydrogen-bond donors (Lipinski definition) is 1. The third-order valence-electron chi connectivity index (χ3n) is 3.01. The Kier molecular flexibility index (Phi) is 3.27. The van der Waals surface area contributed by atoms with E-state index in [4.69, 9.17) is 11.6 Å². The first kappa shape index (κ1) is 13.5. The number of carboxylic acid groups (broad SMARTS) is 1. The van der Waals surface area contributed by atoms with Crippen molar-refractivity contribution < 1.29 is 14.3 Å². The Bertz CT molecular complexity index is 853. The molecule has 3 rings (SSSR count). The second kappa shape index (κ2) is 5.10. The van der Waals surface area contributed by atoms with Crippen LogP contribution in [0.3, 0.4) is 0 Å². The lowest BCUT2D eigenvalue weighted by atomic mass is 10.1. The fourth-order valence-corrected chi connectivity index (χ4v) is 2.21. The average molecular weight is 303 g/mol. The van der Waals surface area contributed by atoms with Gasteiger partial charge >= 0.3 is 5.97 Å². The molecular formula is C15H8ClFN2O2. The summed E-state index contributed by atoms with van der Waals surface area (Å²) in [7, 11) is 0. The molecule has 0 saturated heterocycles. The molecule has 1 aromatic carbocycles. The zero-order valence-electron chi connectivity index (χ0n) is 10.5. The van der Waals surface area contributed by atoms with E-state index in [0.29, 0.717) is 11.4 Å². The zero-order valence-corrected chi connectivity index (χ0v) is 11.3. The zero-order chi connectivity index (χ0) is 15.0. The van der Waals surface area contributed by atoms with Gasteiger partial charge in [-0.15, -0.1) is 0 Å². The van der Waals surface area contributed by atoms with Crippen molar-refractivity contribution in [3.8, 4) is 11.4 Å². The van der Waals surface area contributed by atoms with Gasteiger partial charge in [-0.1, -0.05) is 17.7 Å². The Hall–Kier alpha value is -2.53. The number of hydrogen-bond acceptors (Lipinski definition) is 3. The highest BCUT2D eigenvalue weighted by molar-refractivity contribution is 6.31. The third-order valence-corrected chi connectivity index (χ3v) is 3.30. The van der Waals surface area contributed by atoms with E-state index in [1.54, 1.807) is 24.4 Å². The van der Waals surface area contributed by atoms with Crippen LogP contribution in [0.4, 0.5) is 4.39 Å². The summed E-state index contributed by atoms with van der Waals surface area (Å²) in [5, 5.41) is 9.47. The molecule has 0 amide bonds. The first-order valence-corrected chi connectivity index (χ1v) is 6.38. The molecule has 1 N–H and O–H groups in total. The summed E-state index contributed by atoms with van der Waals surface area (Å²) >= 11 is 5.71. The predicted molar refractivity (Wildman–Crippen MR) is 76.9 cm³/mol. The van der Waals surface area contributed by atoms with Crippen molar-refractivity contribution in [1.82, 2.24) is 9.97 Å². The number of aromatic carboxylic acids is 1. The highest BCUT2D eigenvalue weighted by Gasteiger charge is 2.15. The average Bonchev–Trinajstić information content (AvgIpc) is 2.48. The maximum atomic E-state index is 13.6. The SMILES string of the molecule is O=C(O)c1cc(-c2ccccn2)nc2cc(F)c(Cl)cc12. The summed E-state index contributed by atoms with van der Waals surface area (Å²) in [6.45, 7) is 0. The number of rotatable bonds is 2. The maximum absolute atomic E-state index is 13.6. The number of aromatic nitrogens is 2. The van der Waals surface area contributed by atoms with E-state index in [-0.39, 0.29) is 21.5 Å². The van der Waals surface area contributed by atoms with Crippen LogP contribution in [-0.4, -0.2) is 21.0 Å². The molecule has 104 valence electrons. The van der Waals surface area contributed by atoms with Gasteiger partial charge in [0.1, 0.15) is 5.82 Å². The summed E-state index contributed by atoms with van der Waals surface area (Å²) in [6, 6.07) is 8.99. The molecule has 0 fully saturated rings. The second-order valence-corrected chi connectivity index (χ2v) is 4.77. The quantitative estimate of drug-likeness (QED) is 0.782. The first-order chi connectivity index (χ1) is 10.1. The minimum absolute atomic E-state index is 0.00236. The van der Waals surface area contributed by atoms with Gasteiger partial charge in [0.25, 0.3) is 0 Å². The largest absolute Gasteiger partial charge is 0.478 e. The van der Waals surface area contributed by atoms with Gasteiger partial charge in [0.15, 0.2) is 0 Å². The third kappa shape index (κ3) is 2.43. The van der Waals surface area contributed by atoms with E-state index in [0.717, 1.165) is 6.07 Å². The Labute approximate surface area is 123 Å². The van der Waals surface area contributed by atoms with Crippen LogP contribution < -0.4 is 0 Å². The molecule has 4 nitrogen and oxygen atoms in total. The number of pyridine rings is 2. The van der Waals surface area contributed by atoms with Crippen LogP contribution in [0.25, 0.3) is 22.3 Å². The van der Waals surface area contributed by atoms with Crippen molar-refractivity contribution in [2.45, 2.75) is 0 Å². The lowest BCUT2D eigenvalue weighted by Crippen LogP contribution is -2.01. The fraction of sp³-hybridized carbons (Fsp3) is 0. The molecule has 21 heavy (non-hydrogen) atoms. The molecule has 0 aliphatic carbocycles. The standard InChI is InChI=1S/C15H8ClFN2O2/c16-10-5-8-9(15(20)21)6-14(12-3-1-2-4-18-12)19-13(8)7-11(10)17/h1-7H,(H,20,21). The van der Waals surface area contributed by atoms with Crippen LogP contribution in [-0.2, 0) is 0 Å².